The molecule has 0 radical (unpaired) electrons. The van der Waals surface area contributed by atoms with Gasteiger partial charge in [-0.3, -0.25) is 5.32 Å². The van der Waals surface area contributed by atoms with Crippen LogP contribution in [0.15, 0.2) is 40.3 Å². The fourth-order valence-corrected chi connectivity index (χ4v) is 1.94. The number of nitrogens with one attached hydrogen (secondary N) is 1. The smallest absolute Gasteiger partial charge is 0.217 e. The van der Waals surface area contributed by atoms with Crippen LogP contribution in [0.2, 0.25) is 0 Å². The van der Waals surface area contributed by atoms with E-state index >= 15 is 0 Å². The molecule has 2 rings (SSSR count). The van der Waals surface area contributed by atoms with E-state index < -0.39 is 0 Å². The third kappa shape index (κ3) is 3.56. The first-order valence-corrected chi connectivity index (χ1v) is 7.20. The molecule has 2 aromatic rings. The van der Waals surface area contributed by atoms with E-state index in [0.29, 0.717) is 9.90 Å². The van der Waals surface area contributed by atoms with Crippen molar-refractivity contribution in [3.8, 4) is 11.9 Å². The minimum Gasteiger partial charge on any atom is -0.271 e. The third-order valence-electron chi connectivity index (χ3n) is 2.16. The van der Waals surface area contributed by atoms with Crippen LogP contribution in [-0.2, 0) is 0 Å². The highest BCUT2D eigenvalue weighted by atomic mass is 79.9. The molecule has 0 spiro atoms. The van der Waals surface area contributed by atoms with Gasteiger partial charge < -0.3 is 0 Å². The van der Waals surface area contributed by atoms with E-state index in [2.05, 4.69) is 36.3 Å². The Hall–Kier alpha value is -1.85. The number of nitriles is 1. The molecule has 1 N–H and O–H groups in total. The number of nitrogens with zero attached hydrogens (tertiary/aromatic N) is 5. The summed E-state index contributed by atoms with van der Waals surface area (Å²) in [5, 5.41) is 15.8. The molecule has 96 valence electrons. The van der Waals surface area contributed by atoms with Crippen LogP contribution in [0.1, 0.15) is 0 Å². The lowest BCUT2D eigenvalue weighted by Crippen LogP contribution is -2.12. The van der Waals surface area contributed by atoms with Gasteiger partial charge in [0.25, 0.3) is 0 Å². The number of amidine groups is 1. The van der Waals surface area contributed by atoms with Gasteiger partial charge in [0, 0.05) is 0 Å². The molecule has 0 bridgehead atoms. The Labute approximate surface area is 122 Å². The predicted octanol–water partition coefficient (Wildman–Crippen LogP) is 2.45. The largest absolute Gasteiger partial charge is 0.271 e. The Balaban J connectivity index is 2.21. The highest BCUT2D eigenvalue weighted by Gasteiger charge is 2.01. The summed E-state index contributed by atoms with van der Waals surface area (Å²) in [6, 6.07) is 7.45. The predicted molar refractivity (Wildman–Crippen MR) is 78.4 cm³/mol. The van der Waals surface area contributed by atoms with Crippen molar-refractivity contribution in [1.29, 1.82) is 5.26 Å². The van der Waals surface area contributed by atoms with Crippen LogP contribution < -0.4 is 5.32 Å². The minimum atomic E-state index is 0.539. The topological polar surface area (TPSA) is 78.9 Å². The SMILES string of the molecule is CSC(=Nc1ccc(-n2cnc(Br)n2)cc1)NC#N. The zero-order valence-electron chi connectivity index (χ0n) is 9.91. The molecule has 1 aromatic carbocycles. The van der Waals surface area contributed by atoms with E-state index in [1.54, 1.807) is 11.0 Å². The summed E-state index contributed by atoms with van der Waals surface area (Å²) in [4.78, 5) is 8.29. The van der Waals surface area contributed by atoms with Gasteiger partial charge >= 0.3 is 0 Å². The molecule has 0 saturated carbocycles. The Kier molecular flexibility index (Phi) is 4.54. The number of aromatic nitrogens is 3. The van der Waals surface area contributed by atoms with Crippen LogP contribution in [0.5, 0.6) is 0 Å². The van der Waals surface area contributed by atoms with Gasteiger partial charge in [-0.25, -0.2) is 14.7 Å². The maximum absolute atomic E-state index is 8.56. The van der Waals surface area contributed by atoms with Crippen molar-refractivity contribution in [3.63, 3.8) is 0 Å². The fourth-order valence-electron chi connectivity index (χ4n) is 1.34. The molecule has 0 aliphatic carbocycles. The van der Waals surface area contributed by atoms with Crippen molar-refractivity contribution in [2.45, 2.75) is 0 Å². The highest BCUT2D eigenvalue weighted by molar-refractivity contribution is 9.10. The lowest BCUT2D eigenvalue weighted by molar-refractivity contribution is 0.870. The first kappa shape index (κ1) is 13.6. The van der Waals surface area contributed by atoms with Gasteiger partial charge in [0.05, 0.1) is 11.4 Å². The van der Waals surface area contributed by atoms with E-state index in [1.165, 1.54) is 11.8 Å². The second kappa shape index (κ2) is 6.36. The number of halogens is 1. The van der Waals surface area contributed by atoms with Crippen LogP contribution in [-0.4, -0.2) is 26.2 Å². The highest BCUT2D eigenvalue weighted by Crippen LogP contribution is 2.17. The van der Waals surface area contributed by atoms with Crippen LogP contribution >= 0.6 is 27.7 Å². The molecule has 0 unspecified atom stereocenters. The summed E-state index contributed by atoms with van der Waals surface area (Å²) in [7, 11) is 0. The van der Waals surface area contributed by atoms with Crippen molar-refractivity contribution in [2.24, 2.45) is 4.99 Å². The second-order valence-corrected chi connectivity index (χ2v) is 4.84. The molecule has 0 amide bonds. The first-order chi connectivity index (χ1) is 9.22. The quantitative estimate of drug-likeness (QED) is 0.394. The number of thioether (sulfide) groups is 1. The molecule has 0 fully saturated rings. The van der Waals surface area contributed by atoms with Crippen LogP contribution in [0, 0.1) is 11.5 Å². The van der Waals surface area contributed by atoms with E-state index in [1.807, 2.05) is 36.7 Å². The van der Waals surface area contributed by atoms with Gasteiger partial charge in [-0.1, -0.05) is 11.8 Å². The maximum atomic E-state index is 8.56. The van der Waals surface area contributed by atoms with Crippen molar-refractivity contribution < 1.29 is 0 Å². The Morgan fingerprint density at radius 1 is 1.47 bits per heavy atom. The van der Waals surface area contributed by atoms with Crippen molar-refractivity contribution in [1.82, 2.24) is 20.1 Å². The van der Waals surface area contributed by atoms with E-state index in [4.69, 9.17) is 5.26 Å². The summed E-state index contributed by atoms with van der Waals surface area (Å²) in [5.74, 6) is 0. The van der Waals surface area contributed by atoms with Gasteiger partial charge in [-0.05, 0) is 46.5 Å². The van der Waals surface area contributed by atoms with Gasteiger partial charge in [0.1, 0.15) is 6.33 Å². The van der Waals surface area contributed by atoms with E-state index in [9.17, 15) is 0 Å². The first-order valence-electron chi connectivity index (χ1n) is 5.18. The molecule has 6 nitrogen and oxygen atoms in total. The third-order valence-corrected chi connectivity index (χ3v) is 3.11. The van der Waals surface area contributed by atoms with E-state index in [-0.39, 0.29) is 0 Å². The van der Waals surface area contributed by atoms with Crippen LogP contribution in [0.3, 0.4) is 0 Å². The van der Waals surface area contributed by atoms with Crippen LogP contribution in [0.4, 0.5) is 5.69 Å². The molecule has 1 aromatic heterocycles. The summed E-state index contributed by atoms with van der Waals surface area (Å²) in [6.45, 7) is 0. The zero-order valence-corrected chi connectivity index (χ0v) is 12.3. The lowest BCUT2D eigenvalue weighted by Gasteiger charge is -2.02. The molecule has 8 heteroatoms. The van der Waals surface area contributed by atoms with Crippen molar-refractivity contribution >= 4 is 38.5 Å². The number of rotatable bonds is 2. The molecule has 0 saturated heterocycles. The zero-order chi connectivity index (χ0) is 13.7. The van der Waals surface area contributed by atoms with Crippen LogP contribution in [0.25, 0.3) is 5.69 Å². The normalized spacial score (nSPS) is 11.1. The molecule has 1 heterocycles. The summed E-state index contributed by atoms with van der Waals surface area (Å²) >= 11 is 4.57. The van der Waals surface area contributed by atoms with Gasteiger partial charge in [-0.2, -0.15) is 5.26 Å². The standard InChI is InChI=1S/C11H9BrN6S/c1-19-11(14-6-13)16-8-2-4-9(5-3-8)18-7-15-10(12)17-18/h2-5,7H,1H3,(H,14,16). The lowest BCUT2D eigenvalue weighted by atomic mass is 10.3. The Bertz CT molecular complexity index is 627. The Morgan fingerprint density at radius 2 is 2.21 bits per heavy atom. The number of benzene rings is 1. The molecule has 0 aliphatic heterocycles. The number of aliphatic imine (C=N–C) groups is 1. The number of hydrogen-bond donors (Lipinski definition) is 1. The summed E-state index contributed by atoms with van der Waals surface area (Å²) in [6.07, 6.45) is 5.32. The van der Waals surface area contributed by atoms with Gasteiger partial charge in [0.15, 0.2) is 11.4 Å². The minimum absolute atomic E-state index is 0.539. The summed E-state index contributed by atoms with van der Waals surface area (Å²) in [5.41, 5.74) is 1.64. The molecular weight excluding hydrogens is 328 g/mol. The summed E-state index contributed by atoms with van der Waals surface area (Å²) < 4.78 is 2.19. The number of hydrogen-bond acceptors (Lipinski definition) is 5. The fraction of sp³-hybridized carbons (Fsp3) is 0.0909. The van der Waals surface area contributed by atoms with E-state index in [0.717, 1.165) is 11.4 Å². The second-order valence-electron chi connectivity index (χ2n) is 3.33. The van der Waals surface area contributed by atoms with Crippen molar-refractivity contribution in [2.75, 3.05) is 6.26 Å². The average Bonchev–Trinajstić information content (AvgIpc) is 2.86. The average molecular weight is 337 g/mol. The molecule has 0 atom stereocenters. The van der Waals surface area contributed by atoms with Crippen molar-refractivity contribution in [3.05, 3.63) is 35.3 Å². The Morgan fingerprint density at radius 3 is 2.74 bits per heavy atom. The molecule has 0 aliphatic rings. The molecular formula is C11H9BrN6S. The van der Waals surface area contributed by atoms with Gasteiger partial charge in [0.2, 0.25) is 4.73 Å². The monoisotopic (exact) mass is 336 g/mol. The van der Waals surface area contributed by atoms with Gasteiger partial charge in [-0.15, -0.1) is 5.10 Å². The maximum Gasteiger partial charge on any atom is 0.217 e. The molecule has 19 heavy (non-hydrogen) atoms.